The van der Waals surface area contributed by atoms with E-state index in [9.17, 15) is 23.3 Å². The van der Waals surface area contributed by atoms with Crippen LogP contribution in [0.2, 0.25) is 0 Å². The van der Waals surface area contributed by atoms with Crippen molar-refractivity contribution in [3.8, 4) is 0 Å². The summed E-state index contributed by atoms with van der Waals surface area (Å²) in [5, 5.41) is 13.7. The Kier molecular flexibility index (Phi) is 5.22. The summed E-state index contributed by atoms with van der Waals surface area (Å²) in [7, 11) is -3.74. The summed E-state index contributed by atoms with van der Waals surface area (Å²) in [6.45, 7) is 0.508. The Morgan fingerprint density at radius 2 is 1.87 bits per heavy atom. The number of hydrogen-bond donors (Lipinski definition) is 2. The summed E-state index contributed by atoms with van der Waals surface area (Å²) in [6, 6.07) is 9.89. The number of non-ortho nitro benzene ring substituents is 1. The number of aromatic amines is 1. The van der Waals surface area contributed by atoms with Crippen molar-refractivity contribution in [2.45, 2.75) is 23.8 Å². The summed E-state index contributed by atoms with van der Waals surface area (Å²) in [4.78, 5) is 29.8. The summed E-state index contributed by atoms with van der Waals surface area (Å²) in [6.07, 6.45) is 2.52. The van der Waals surface area contributed by atoms with Gasteiger partial charge in [0.05, 0.1) is 27.2 Å². The van der Waals surface area contributed by atoms with Gasteiger partial charge in [0.15, 0.2) is 0 Å². The summed E-state index contributed by atoms with van der Waals surface area (Å²) in [5.74, 6) is -0.219. The lowest BCUT2D eigenvalue weighted by atomic mass is 10.1. The Labute approximate surface area is 172 Å². The van der Waals surface area contributed by atoms with Crippen LogP contribution < -0.4 is 5.32 Å². The summed E-state index contributed by atoms with van der Waals surface area (Å²) < 4.78 is 26.9. The number of imidazole rings is 1. The van der Waals surface area contributed by atoms with E-state index in [1.54, 1.807) is 24.5 Å². The van der Waals surface area contributed by atoms with Gasteiger partial charge in [0.2, 0.25) is 10.0 Å². The van der Waals surface area contributed by atoms with E-state index in [2.05, 4.69) is 15.3 Å². The first-order chi connectivity index (χ1) is 14.3. The van der Waals surface area contributed by atoms with Gasteiger partial charge < -0.3 is 10.3 Å². The molecule has 0 aliphatic carbocycles. The number of hydrogen-bond acceptors (Lipinski definition) is 6. The maximum absolute atomic E-state index is 12.8. The van der Waals surface area contributed by atoms with E-state index in [0.717, 1.165) is 11.0 Å². The van der Waals surface area contributed by atoms with Crippen LogP contribution in [-0.4, -0.2) is 52.7 Å². The molecule has 0 spiro atoms. The average molecular weight is 429 g/mol. The molecular weight excluding hydrogens is 410 g/mol. The number of carbonyl (C=O) groups is 1. The van der Waals surface area contributed by atoms with Crippen LogP contribution in [0.3, 0.4) is 0 Å². The number of nitrogens with one attached hydrogen (secondary N) is 2. The molecule has 1 aliphatic heterocycles. The van der Waals surface area contributed by atoms with Crippen molar-refractivity contribution >= 4 is 32.7 Å². The lowest BCUT2D eigenvalue weighted by Crippen LogP contribution is -2.46. The topological polar surface area (TPSA) is 138 Å². The predicted octanol–water partition coefficient (Wildman–Crippen LogP) is 2.05. The van der Waals surface area contributed by atoms with Crippen LogP contribution in [0, 0.1) is 10.1 Å². The highest BCUT2D eigenvalue weighted by atomic mass is 32.2. The first-order valence-electron chi connectivity index (χ1n) is 9.33. The van der Waals surface area contributed by atoms with Crippen molar-refractivity contribution in [2.24, 2.45) is 0 Å². The van der Waals surface area contributed by atoms with Gasteiger partial charge in [0, 0.05) is 36.8 Å². The lowest BCUT2D eigenvalue weighted by Gasteiger charge is -2.31. The second-order valence-corrected chi connectivity index (χ2v) is 8.98. The number of amides is 1. The molecule has 1 saturated heterocycles. The molecule has 30 heavy (non-hydrogen) atoms. The first-order valence-corrected chi connectivity index (χ1v) is 10.8. The third-order valence-corrected chi connectivity index (χ3v) is 7.07. The number of piperidine rings is 1. The smallest absolute Gasteiger partial charge is 0.269 e. The molecule has 1 aromatic heterocycles. The molecule has 1 aliphatic rings. The van der Waals surface area contributed by atoms with E-state index in [-0.39, 0.29) is 35.6 Å². The minimum Gasteiger partial charge on any atom is -0.349 e. The van der Waals surface area contributed by atoms with Gasteiger partial charge in [-0.25, -0.2) is 13.4 Å². The summed E-state index contributed by atoms with van der Waals surface area (Å²) in [5.41, 5.74) is 1.89. The fourth-order valence-corrected chi connectivity index (χ4v) is 4.94. The number of nitro benzene ring substituents is 1. The van der Waals surface area contributed by atoms with Crippen LogP contribution in [0.4, 0.5) is 5.69 Å². The third-order valence-electron chi connectivity index (χ3n) is 5.16. The SMILES string of the molecule is O=C(NC1CCN(S(=O)(=O)c2ccc([N+](=O)[O-])cc2)CC1)c1ccc2nc[nH]c2c1. The highest BCUT2D eigenvalue weighted by Gasteiger charge is 2.30. The second-order valence-electron chi connectivity index (χ2n) is 7.04. The van der Waals surface area contributed by atoms with E-state index in [1.165, 1.54) is 28.6 Å². The monoisotopic (exact) mass is 429 g/mol. The van der Waals surface area contributed by atoms with Gasteiger partial charge in [-0.05, 0) is 43.2 Å². The fraction of sp³-hybridized carbons (Fsp3) is 0.263. The third kappa shape index (κ3) is 3.89. The number of fused-ring (bicyclic) bond motifs is 1. The Bertz CT molecular complexity index is 1200. The molecule has 1 amide bonds. The second kappa shape index (κ2) is 7.84. The van der Waals surface area contributed by atoms with Crippen LogP contribution in [0.5, 0.6) is 0 Å². The molecule has 0 saturated carbocycles. The largest absolute Gasteiger partial charge is 0.349 e. The average Bonchev–Trinajstić information content (AvgIpc) is 3.22. The molecule has 3 aromatic rings. The van der Waals surface area contributed by atoms with Crippen LogP contribution >= 0.6 is 0 Å². The van der Waals surface area contributed by atoms with Gasteiger partial charge >= 0.3 is 0 Å². The van der Waals surface area contributed by atoms with Crippen molar-refractivity contribution in [2.75, 3.05) is 13.1 Å². The van der Waals surface area contributed by atoms with Gasteiger partial charge in [0.1, 0.15) is 0 Å². The number of rotatable bonds is 5. The number of nitrogens with zero attached hydrogens (tertiary/aromatic N) is 3. The normalized spacial score (nSPS) is 15.9. The number of carbonyl (C=O) groups excluding carboxylic acids is 1. The maximum atomic E-state index is 12.8. The molecular formula is C19H19N5O5S. The van der Waals surface area contributed by atoms with E-state index in [0.29, 0.717) is 18.4 Å². The molecule has 0 radical (unpaired) electrons. The van der Waals surface area contributed by atoms with Gasteiger partial charge in [-0.2, -0.15) is 4.31 Å². The zero-order valence-electron chi connectivity index (χ0n) is 15.8. The minimum atomic E-state index is -3.74. The molecule has 0 unspecified atom stereocenters. The van der Waals surface area contributed by atoms with Crippen molar-refractivity contribution in [1.29, 1.82) is 0 Å². The number of nitro groups is 1. The fourth-order valence-electron chi connectivity index (χ4n) is 3.47. The maximum Gasteiger partial charge on any atom is 0.269 e. The number of sulfonamides is 1. The molecule has 11 heteroatoms. The molecule has 2 heterocycles. The first kappa shape index (κ1) is 20.0. The minimum absolute atomic E-state index is 0.0171. The van der Waals surface area contributed by atoms with E-state index >= 15 is 0 Å². The van der Waals surface area contributed by atoms with E-state index in [4.69, 9.17) is 0 Å². The molecule has 0 bridgehead atoms. The van der Waals surface area contributed by atoms with Crippen molar-refractivity contribution in [3.63, 3.8) is 0 Å². The Balaban J connectivity index is 1.38. The quantitative estimate of drug-likeness (QED) is 0.470. The van der Waals surface area contributed by atoms with Crippen molar-refractivity contribution in [3.05, 3.63) is 64.5 Å². The molecule has 2 aromatic carbocycles. The van der Waals surface area contributed by atoms with E-state index < -0.39 is 14.9 Å². The number of benzene rings is 2. The van der Waals surface area contributed by atoms with Gasteiger partial charge in [-0.15, -0.1) is 0 Å². The van der Waals surface area contributed by atoms with Crippen LogP contribution in [0.25, 0.3) is 11.0 Å². The zero-order valence-corrected chi connectivity index (χ0v) is 16.6. The van der Waals surface area contributed by atoms with Crippen molar-refractivity contribution in [1.82, 2.24) is 19.6 Å². The summed E-state index contributed by atoms with van der Waals surface area (Å²) >= 11 is 0. The Hall–Kier alpha value is -3.31. The molecule has 2 N–H and O–H groups in total. The predicted molar refractivity (Wildman–Crippen MR) is 108 cm³/mol. The Morgan fingerprint density at radius 1 is 1.17 bits per heavy atom. The molecule has 4 rings (SSSR count). The molecule has 156 valence electrons. The van der Waals surface area contributed by atoms with Crippen molar-refractivity contribution < 1.29 is 18.1 Å². The van der Waals surface area contributed by atoms with E-state index in [1.807, 2.05) is 0 Å². The highest BCUT2D eigenvalue weighted by Crippen LogP contribution is 2.23. The van der Waals surface area contributed by atoms with Gasteiger partial charge in [0.25, 0.3) is 11.6 Å². The van der Waals surface area contributed by atoms with Crippen LogP contribution in [0.1, 0.15) is 23.2 Å². The number of aromatic nitrogens is 2. The Morgan fingerprint density at radius 3 is 2.53 bits per heavy atom. The zero-order chi connectivity index (χ0) is 21.3. The molecule has 0 atom stereocenters. The van der Waals surface area contributed by atoms with Crippen LogP contribution in [-0.2, 0) is 10.0 Å². The van der Waals surface area contributed by atoms with Crippen LogP contribution in [0.15, 0.2) is 53.7 Å². The molecule has 10 nitrogen and oxygen atoms in total. The number of H-pyrrole nitrogens is 1. The van der Waals surface area contributed by atoms with Gasteiger partial charge in [-0.1, -0.05) is 0 Å². The highest BCUT2D eigenvalue weighted by molar-refractivity contribution is 7.89. The lowest BCUT2D eigenvalue weighted by molar-refractivity contribution is -0.384. The molecule has 1 fully saturated rings. The van der Waals surface area contributed by atoms with Gasteiger partial charge in [-0.3, -0.25) is 14.9 Å². The standard InChI is InChI=1S/C19H19N5O5S/c25-19(13-1-6-17-18(11-13)21-12-20-17)22-14-7-9-23(10-8-14)30(28,29)16-4-2-15(3-5-16)24(26)27/h1-6,11-12,14H,7-10H2,(H,20,21)(H,22,25).